The molecule has 2 saturated heterocycles. The molecule has 2 rings (SSSR count). The van der Waals surface area contributed by atoms with Gasteiger partial charge in [0.2, 0.25) is 0 Å². The van der Waals surface area contributed by atoms with Gasteiger partial charge in [0.05, 0.1) is 12.2 Å². The lowest BCUT2D eigenvalue weighted by molar-refractivity contribution is -0.481. The molecule has 176 valence electrons. The van der Waals surface area contributed by atoms with Crippen molar-refractivity contribution in [2.24, 2.45) is 0 Å². The second kappa shape index (κ2) is 11.3. The van der Waals surface area contributed by atoms with Gasteiger partial charge in [-0.25, -0.2) is 4.79 Å². The Hall–Kier alpha value is -0.690. The summed E-state index contributed by atoms with van der Waals surface area (Å²) in [5.74, 6) is -3.67. The van der Waals surface area contributed by atoms with Crippen LogP contribution in [0.4, 0.5) is 0 Å². The minimum Gasteiger partial charge on any atom is -0.477 e. The van der Waals surface area contributed by atoms with E-state index in [2.05, 4.69) is 6.92 Å². The highest BCUT2D eigenvalue weighted by atomic mass is 16.9. The van der Waals surface area contributed by atoms with Gasteiger partial charge >= 0.3 is 5.97 Å². The number of hydrogen-bond donors (Lipinski definition) is 1. The largest absolute Gasteiger partial charge is 0.477 e. The van der Waals surface area contributed by atoms with Crippen LogP contribution < -0.4 is 0 Å². The molecule has 1 N–H and O–H groups in total. The molecule has 0 radical (unpaired) electrons. The Morgan fingerprint density at radius 3 is 1.67 bits per heavy atom. The number of carbonyl (C=O) groups is 1. The predicted molar refractivity (Wildman–Crippen MR) is 116 cm³/mol. The second-order valence-electron chi connectivity index (χ2n) is 9.88. The van der Waals surface area contributed by atoms with Crippen molar-refractivity contribution in [3.05, 3.63) is 0 Å². The first-order chi connectivity index (χ1) is 14.1. The number of carboxylic acids is 1. The van der Waals surface area contributed by atoms with Crippen LogP contribution in [0.5, 0.6) is 0 Å². The van der Waals surface area contributed by atoms with Gasteiger partial charge in [0, 0.05) is 6.42 Å². The van der Waals surface area contributed by atoms with E-state index in [1.807, 2.05) is 13.8 Å². The normalized spacial score (nSPS) is 26.4. The maximum absolute atomic E-state index is 11.4. The molecule has 0 saturated carbocycles. The predicted octanol–water partition coefficient (Wildman–Crippen LogP) is 6.16. The topological polar surface area (TPSA) is 74.2 Å². The van der Waals surface area contributed by atoms with Crippen LogP contribution in [0, 0.1) is 0 Å². The zero-order valence-electron chi connectivity index (χ0n) is 19.8. The van der Waals surface area contributed by atoms with E-state index in [0.717, 1.165) is 32.1 Å². The summed E-state index contributed by atoms with van der Waals surface area (Å²) in [6.07, 6.45) is 14.5. The molecular weight excluding hydrogens is 384 g/mol. The Morgan fingerprint density at radius 2 is 1.20 bits per heavy atom. The van der Waals surface area contributed by atoms with Crippen molar-refractivity contribution in [1.82, 2.24) is 0 Å². The summed E-state index contributed by atoms with van der Waals surface area (Å²) in [7, 11) is 0. The van der Waals surface area contributed by atoms with Crippen molar-refractivity contribution < 1.29 is 28.8 Å². The van der Waals surface area contributed by atoms with Gasteiger partial charge in [0.15, 0.2) is 11.6 Å². The van der Waals surface area contributed by atoms with Gasteiger partial charge < -0.3 is 24.1 Å². The molecule has 2 aliphatic rings. The lowest BCUT2D eigenvalue weighted by Crippen LogP contribution is -2.63. The Labute approximate surface area is 183 Å². The fourth-order valence-corrected chi connectivity index (χ4v) is 4.68. The number of hydrogen-bond acceptors (Lipinski definition) is 5. The molecule has 0 aromatic carbocycles. The fourth-order valence-electron chi connectivity index (χ4n) is 4.68. The van der Waals surface area contributed by atoms with Crippen LogP contribution in [0.3, 0.4) is 0 Å². The summed E-state index contributed by atoms with van der Waals surface area (Å²) in [5, 5.41) is 9.35. The monoisotopic (exact) mass is 428 g/mol. The van der Waals surface area contributed by atoms with Gasteiger partial charge in [0.25, 0.3) is 5.79 Å². The second-order valence-corrected chi connectivity index (χ2v) is 9.88. The van der Waals surface area contributed by atoms with Gasteiger partial charge in [-0.2, -0.15) is 0 Å². The van der Waals surface area contributed by atoms with Crippen LogP contribution in [0.2, 0.25) is 0 Å². The minimum atomic E-state index is -1.42. The van der Waals surface area contributed by atoms with Gasteiger partial charge in [-0.15, -0.1) is 0 Å². The Morgan fingerprint density at radius 1 is 0.733 bits per heavy atom. The fraction of sp³-hybridized carbons (Fsp3) is 0.958. The van der Waals surface area contributed by atoms with Crippen molar-refractivity contribution in [1.29, 1.82) is 0 Å². The van der Waals surface area contributed by atoms with E-state index >= 15 is 0 Å². The molecule has 2 heterocycles. The summed E-state index contributed by atoms with van der Waals surface area (Å²) in [4.78, 5) is 11.4. The van der Waals surface area contributed by atoms with Crippen LogP contribution in [0.1, 0.15) is 118 Å². The van der Waals surface area contributed by atoms with E-state index in [1.54, 1.807) is 13.8 Å². The highest BCUT2D eigenvalue weighted by molar-refractivity contribution is 5.76. The molecule has 6 nitrogen and oxygen atoms in total. The summed E-state index contributed by atoms with van der Waals surface area (Å²) < 4.78 is 23.2. The summed E-state index contributed by atoms with van der Waals surface area (Å²) in [6, 6.07) is 0. The molecule has 0 amide bonds. The first-order valence-electron chi connectivity index (χ1n) is 12.1. The first-order valence-corrected chi connectivity index (χ1v) is 12.1. The molecular formula is C24H44O6. The molecule has 2 aliphatic heterocycles. The lowest BCUT2D eigenvalue weighted by Gasteiger charge is -2.49. The van der Waals surface area contributed by atoms with Gasteiger partial charge in [-0.3, -0.25) is 0 Å². The average molecular weight is 429 g/mol. The summed E-state index contributed by atoms with van der Waals surface area (Å²) in [6.45, 7) is 9.76. The van der Waals surface area contributed by atoms with E-state index in [1.165, 1.54) is 44.9 Å². The standard InChI is InChI=1S/C24H44O6/c1-6-7-13-16-19-20(28-22(2,3)27-19)17-14-11-9-8-10-12-15-18-24(21(25)26)29-23(4,5)30-24/h19-20H,6-18H2,1-5H3,(H,25,26). The molecule has 0 spiro atoms. The maximum atomic E-state index is 11.4. The lowest BCUT2D eigenvalue weighted by atomic mass is 9.99. The van der Waals surface area contributed by atoms with E-state index < -0.39 is 23.3 Å². The van der Waals surface area contributed by atoms with Crippen LogP contribution in [0.15, 0.2) is 0 Å². The average Bonchev–Trinajstić information content (AvgIpc) is 2.92. The molecule has 6 heteroatoms. The Balaban J connectivity index is 1.52. The third-order valence-corrected chi connectivity index (χ3v) is 6.02. The molecule has 2 atom stereocenters. The molecule has 0 bridgehead atoms. The van der Waals surface area contributed by atoms with E-state index in [9.17, 15) is 9.90 Å². The third kappa shape index (κ3) is 7.77. The quantitative estimate of drug-likeness (QED) is 0.315. The van der Waals surface area contributed by atoms with Crippen LogP contribution in [0.25, 0.3) is 0 Å². The number of ether oxygens (including phenoxy) is 4. The molecule has 0 aromatic heterocycles. The van der Waals surface area contributed by atoms with Crippen molar-refractivity contribution in [2.75, 3.05) is 0 Å². The number of unbranched alkanes of at least 4 members (excludes halogenated alkanes) is 8. The van der Waals surface area contributed by atoms with E-state index in [-0.39, 0.29) is 12.2 Å². The van der Waals surface area contributed by atoms with Crippen molar-refractivity contribution >= 4 is 5.97 Å². The van der Waals surface area contributed by atoms with Crippen LogP contribution >= 0.6 is 0 Å². The Kier molecular flexibility index (Phi) is 9.59. The molecule has 30 heavy (non-hydrogen) atoms. The smallest absolute Gasteiger partial charge is 0.364 e. The number of aliphatic carboxylic acids is 1. The van der Waals surface area contributed by atoms with Crippen molar-refractivity contribution in [3.63, 3.8) is 0 Å². The zero-order chi connectivity index (χ0) is 22.3. The third-order valence-electron chi connectivity index (χ3n) is 6.02. The minimum absolute atomic E-state index is 0.232. The highest BCUT2D eigenvalue weighted by Gasteiger charge is 2.57. The zero-order valence-corrected chi connectivity index (χ0v) is 19.8. The number of carboxylic acid groups (broad SMARTS) is 1. The molecule has 0 aromatic rings. The van der Waals surface area contributed by atoms with Crippen molar-refractivity contribution in [3.8, 4) is 0 Å². The Bertz CT molecular complexity index is 522. The van der Waals surface area contributed by atoms with Gasteiger partial charge in [0.1, 0.15) is 0 Å². The number of rotatable bonds is 15. The summed E-state index contributed by atoms with van der Waals surface area (Å²) in [5.41, 5.74) is 0. The first kappa shape index (κ1) is 25.6. The van der Waals surface area contributed by atoms with Gasteiger partial charge in [-0.1, -0.05) is 64.7 Å². The van der Waals surface area contributed by atoms with Crippen molar-refractivity contribution in [2.45, 2.75) is 148 Å². The van der Waals surface area contributed by atoms with Crippen LogP contribution in [-0.2, 0) is 23.7 Å². The maximum Gasteiger partial charge on any atom is 0.364 e. The van der Waals surface area contributed by atoms with E-state index in [4.69, 9.17) is 18.9 Å². The van der Waals surface area contributed by atoms with Crippen LogP contribution in [-0.4, -0.2) is 40.6 Å². The summed E-state index contributed by atoms with van der Waals surface area (Å²) >= 11 is 0. The van der Waals surface area contributed by atoms with Gasteiger partial charge in [-0.05, 0) is 47.0 Å². The van der Waals surface area contributed by atoms with E-state index in [0.29, 0.717) is 6.42 Å². The highest BCUT2D eigenvalue weighted by Crippen LogP contribution is 2.41. The molecule has 0 aliphatic carbocycles. The SMILES string of the molecule is CCCCCC1OC(C)(C)OC1CCCCCCCCCC1(C(=O)O)OC(C)(C)O1. The molecule has 2 fully saturated rings. The molecule has 2 unspecified atom stereocenters.